The zero-order chi connectivity index (χ0) is 9.56. The molecule has 0 aliphatic rings. The van der Waals surface area contributed by atoms with Crippen molar-refractivity contribution in [1.82, 2.24) is 0 Å². The lowest BCUT2D eigenvalue weighted by molar-refractivity contribution is -0.149. The molecular weight excluding hydrogens is 152 g/mol. The van der Waals surface area contributed by atoms with Gasteiger partial charge in [0.05, 0.1) is 12.5 Å². The number of carbonyl (C=O) groups excluding carboxylic acids is 1. The normalized spacial score (nSPS) is 13.1. The van der Waals surface area contributed by atoms with Gasteiger partial charge in [-0.2, -0.15) is 0 Å². The summed E-state index contributed by atoms with van der Waals surface area (Å²) in [5.74, 6) is 0.446. The van der Waals surface area contributed by atoms with E-state index in [4.69, 9.17) is 4.74 Å². The average Bonchev–Trinajstić information content (AvgIpc) is 2.00. The molecule has 1 unspecified atom stereocenters. The lowest BCUT2D eigenvalue weighted by Gasteiger charge is -2.11. The van der Waals surface area contributed by atoms with Gasteiger partial charge in [0.1, 0.15) is 0 Å². The molecule has 0 spiro atoms. The van der Waals surface area contributed by atoms with Crippen LogP contribution in [0.2, 0.25) is 0 Å². The van der Waals surface area contributed by atoms with Crippen molar-refractivity contribution in [1.29, 1.82) is 0 Å². The summed E-state index contributed by atoms with van der Waals surface area (Å²) in [5.41, 5.74) is 0. The summed E-state index contributed by atoms with van der Waals surface area (Å²) in [4.78, 5) is 11.2. The van der Waals surface area contributed by atoms with Crippen molar-refractivity contribution in [3.63, 3.8) is 0 Å². The summed E-state index contributed by atoms with van der Waals surface area (Å²) in [6.07, 6.45) is 1.97. The van der Waals surface area contributed by atoms with Crippen LogP contribution in [0.5, 0.6) is 0 Å². The molecule has 0 radical (unpaired) electrons. The van der Waals surface area contributed by atoms with Gasteiger partial charge in [-0.15, -0.1) is 0 Å². The van der Waals surface area contributed by atoms with E-state index in [0.717, 1.165) is 12.8 Å². The Morgan fingerprint density at radius 1 is 1.33 bits per heavy atom. The molecule has 1 atom stereocenters. The van der Waals surface area contributed by atoms with Gasteiger partial charge in [0.15, 0.2) is 0 Å². The highest BCUT2D eigenvalue weighted by atomic mass is 16.5. The lowest BCUT2D eigenvalue weighted by Crippen LogP contribution is -2.17. The third-order valence-corrected chi connectivity index (χ3v) is 1.68. The van der Waals surface area contributed by atoms with E-state index in [1.165, 1.54) is 0 Å². The van der Waals surface area contributed by atoms with Gasteiger partial charge in [0, 0.05) is 0 Å². The van der Waals surface area contributed by atoms with Gasteiger partial charge in [0.2, 0.25) is 0 Å². The highest BCUT2D eigenvalue weighted by molar-refractivity contribution is 5.71. The third kappa shape index (κ3) is 5.16. The molecular formula is C10H20O2. The summed E-state index contributed by atoms with van der Waals surface area (Å²) in [7, 11) is 0. The minimum Gasteiger partial charge on any atom is -0.465 e. The van der Waals surface area contributed by atoms with Crippen LogP contribution in [0, 0.1) is 11.8 Å². The molecule has 0 rings (SSSR count). The molecule has 0 aliphatic carbocycles. The Labute approximate surface area is 75.3 Å². The van der Waals surface area contributed by atoms with E-state index < -0.39 is 0 Å². The maximum absolute atomic E-state index is 11.2. The van der Waals surface area contributed by atoms with Crippen LogP contribution >= 0.6 is 0 Å². The van der Waals surface area contributed by atoms with E-state index in [1.807, 2.05) is 20.8 Å². The maximum atomic E-state index is 11.2. The number of ether oxygens (including phenoxy) is 1. The molecule has 0 saturated carbocycles. The Morgan fingerprint density at radius 2 is 1.92 bits per heavy atom. The summed E-state index contributed by atoms with van der Waals surface area (Å²) in [6, 6.07) is 0. The Morgan fingerprint density at radius 3 is 2.33 bits per heavy atom. The molecule has 0 aromatic heterocycles. The summed E-state index contributed by atoms with van der Waals surface area (Å²) < 4.78 is 5.08. The van der Waals surface area contributed by atoms with Crippen LogP contribution in [-0.4, -0.2) is 12.6 Å². The fourth-order valence-electron chi connectivity index (χ4n) is 0.942. The van der Waals surface area contributed by atoms with Gasteiger partial charge in [0.25, 0.3) is 0 Å². The van der Waals surface area contributed by atoms with Gasteiger partial charge in [-0.05, 0) is 12.3 Å². The average molecular weight is 172 g/mol. The van der Waals surface area contributed by atoms with Gasteiger partial charge in [-0.25, -0.2) is 0 Å². The van der Waals surface area contributed by atoms with Crippen molar-refractivity contribution in [3.8, 4) is 0 Å². The fraction of sp³-hybridized carbons (Fsp3) is 0.900. The maximum Gasteiger partial charge on any atom is 0.308 e. The molecule has 0 aromatic rings. The predicted molar refractivity (Wildman–Crippen MR) is 49.9 cm³/mol. The van der Waals surface area contributed by atoms with E-state index in [1.54, 1.807) is 0 Å². The molecule has 0 saturated heterocycles. The molecule has 0 aliphatic heterocycles. The number of esters is 1. The van der Waals surface area contributed by atoms with E-state index in [2.05, 4.69) is 6.92 Å². The van der Waals surface area contributed by atoms with Crippen LogP contribution in [0.25, 0.3) is 0 Å². The van der Waals surface area contributed by atoms with Crippen LogP contribution in [-0.2, 0) is 9.53 Å². The highest BCUT2D eigenvalue weighted by Crippen LogP contribution is 2.07. The van der Waals surface area contributed by atoms with Crippen LogP contribution in [0.4, 0.5) is 0 Å². The van der Waals surface area contributed by atoms with E-state index in [9.17, 15) is 4.79 Å². The summed E-state index contributed by atoms with van der Waals surface area (Å²) in [5, 5.41) is 0. The van der Waals surface area contributed by atoms with Crippen molar-refractivity contribution in [2.75, 3.05) is 6.61 Å². The molecule has 2 heteroatoms. The van der Waals surface area contributed by atoms with Gasteiger partial charge in [-0.1, -0.05) is 34.1 Å². The van der Waals surface area contributed by atoms with Gasteiger partial charge in [-0.3, -0.25) is 4.79 Å². The van der Waals surface area contributed by atoms with Crippen molar-refractivity contribution in [2.24, 2.45) is 11.8 Å². The SMILES string of the molecule is CCCC(C)C(=O)OCC(C)C. The molecule has 0 N–H and O–H groups in total. The second-order valence-electron chi connectivity index (χ2n) is 3.71. The second kappa shape index (κ2) is 6.04. The predicted octanol–water partition coefficient (Wildman–Crippen LogP) is 2.62. The highest BCUT2D eigenvalue weighted by Gasteiger charge is 2.13. The number of rotatable bonds is 5. The van der Waals surface area contributed by atoms with E-state index in [0.29, 0.717) is 12.5 Å². The van der Waals surface area contributed by atoms with Crippen molar-refractivity contribution < 1.29 is 9.53 Å². The molecule has 0 aromatic carbocycles. The largest absolute Gasteiger partial charge is 0.465 e. The van der Waals surface area contributed by atoms with Gasteiger partial charge < -0.3 is 4.74 Å². The number of hydrogen-bond acceptors (Lipinski definition) is 2. The zero-order valence-corrected chi connectivity index (χ0v) is 8.59. The Bertz CT molecular complexity index is 130. The van der Waals surface area contributed by atoms with Crippen LogP contribution in [0.15, 0.2) is 0 Å². The first-order valence-corrected chi connectivity index (χ1v) is 4.74. The minimum atomic E-state index is -0.0504. The van der Waals surface area contributed by atoms with E-state index >= 15 is 0 Å². The first kappa shape index (κ1) is 11.5. The van der Waals surface area contributed by atoms with Crippen LogP contribution < -0.4 is 0 Å². The monoisotopic (exact) mass is 172 g/mol. The summed E-state index contributed by atoms with van der Waals surface area (Å²) >= 11 is 0. The Kier molecular flexibility index (Phi) is 5.77. The van der Waals surface area contributed by atoms with Crippen molar-refractivity contribution in [3.05, 3.63) is 0 Å². The first-order chi connectivity index (χ1) is 5.57. The van der Waals surface area contributed by atoms with E-state index in [-0.39, 0.29) is 11.9 Å². The number of hydrogen-bond donors (Lipinski definition) is 0. The lowest BCUT2D eigenvalue weighted by atomic mass is 10.1. The smallest absolute Gasteiger partial charge is 0.308 e. The molecule has 0 amide bonds. The van der Waals surface area contributed by atoms with Crippen LogP contribution in [0.3, 0.4) is 0 Å². The summed E-state index contributed by atoms with van der Waals surface area (Å²) in [6.45, 7) is 8.63. The molecule has 2 nitrogen and oxygen atoms in total. The quantitative estimate of drug-likeness (QED) is 0.596. The third-order valence-electron chi connectivity index (χ3n) is 1.68. The van der Waals surface area contributed by atoms with Crippen molar-refractivity contribution >= 4 is 5.97 Å². The van der Waals surface area contributed by atoms with Crippen molar-refractivity contribution in [2.45, 2.75) is 40.5 Å². The van der Waals surface area contributed by atoms with Gasteiger partial charge >= 0.3 is 5.97 Å². The molecule has 72 valence electrons. The molecule has 0 fully saturated rings. The zero-order valence-electron chi connectivity index (χ0n) is 8.59. The molecule has 0 bridgehead atoms. The minimum absolute atomic E-state index is 0.0504. The Balaban J connectivity index is 3.57. The Hall–Kier alpha value is -0.530. The van der Waals surface area contributed by atoms with Crippen LogP contribution in [0.1, 0.15) is 40.5 Å². The fourth-order valence-corrected chi connectivity index (χ4v) is 0.942. The molecule has 0 heterocycles. The standard InChI is InChI=1S/C10H20O2/c1-5-6-9(4)10(11)12-7-8(2)3/h8-9H,5-7H2,1-4H3. The second-order valence-corrected chi connectivity index (χ2v) is 3.71. The topological polar surface area (TPSA) is 26.3 Å². The molecule has 12 heavy (non-hydrogen) atoms. The first-order valence-electron chi connectivity index (χ1n) is 4.74. The number of carbonyl (C=O) groups is 1.